The van der Waals surface area contributed by atoms with Gasteiger partial charge in [-0.1, -0.05) is 23.7 Å². The zero-order valence-electron chi connectivity index (χ0n) is 12.3. The van der Waals surface area contributed by atoms with Crippen molar-refractivity contribution >= 4 is 29.3 Å². The molecule has 2 aromatic carbocycles. The summed E-state index contributed by atoms with van der Waals surface area (Å²) >= 11 is 5.90. The topological polar surface area (TPSA) is 87.7 Å². The summed E-state index contributed by atoms with van der Waals surface area (Å²) in [4.78, 5) is 22.7. The third-order valence-electron chi connectivity index (χ3n) is 3.06. The maximum Gasteiger partial charge on any atom is 0.335 e. The molecule has 0 saturated heterocycles. The van der Waals surface area contributed by atoms with Crippen LogP contribution in [0.5, 0.6) is 5.75 Å². The highest BCUT2D eigenvalue weighted by Gasteiger charge is 2.08. The minimum absolute atomic E-state index is 0.196. The number of carbonyl (C=O) groups is 2. The van der Waals surface area contributed by atoms with Crippen LogP contribution in [0.4, 0.5) is 10.5 Å². The number of halogens is 1. The zero-order chi connectivity index (χ0) is 16.8. The third kappa shape index (κ3) is 4.62. The molecule has 7 heteroatoms. The normalized spacial score (nSPS) is 10.0. The van der Waals surface area contributed by atoms with E-state index in [0.29, 0.717) is 16.5 Å². The van der Waals surface area contributed by atoms with Gasteiger partial charge in [0, 0.05) is 11.6 Å². The van der Waals surface area contributed by atoms with Gasteiger partial charge in [0.2, 0.25) is 0 Å². The lowest BCUT2D eigenvalue weighted by molar-refractivity contribution is 0.0697. The molecule has 2 rings (SSSR count). The minimum atomic E-state index is -0.990. The highest BCUT2D eigenvalue weighted by atomic mass is 35.5. The van der Waals surface area contributed by atoms with Gasteiger partial charge < -0.3 is 20.5 Å². The van der Waals surface area contributed by atoms with E-state index in [1.54, 1.807) is 30.3 Å². The molecular weight excluding hydrogens is 320 g/mol. The first-order valence-electron chi connectivity index (χ1n) is 6.70. The predicted molar refractivity (Wildman–Crippen MR) is 87.3 cm³/mol. The van der Waals surface area contributed by atoms with Gasteiger partial charge in [0.1, 0.15) is 5.75 Å². The number of nitrogens with one attached hydrogen (secondary N) is 2. The van der Waals surface area contributed by atoms with Crippen molar-refractivity contribution in [3.8, 4) is 5.75 Å². The summed E-state index contributed by atoms with van der Waals surface area (Å²) in [5, 5.41) is 14.6. The summed E-state index contributed by atoms with van der Waals surface area (Å²) in [6, 6.07) is 10.7. The summed E-state index contributed by atoms with van der Waals surface area (Å²) in [6.07, 6.45) is 0. The molecule has 0 radical (unpaired) electrons. The fourth-order valence-corrected chi connectivity index (χ4v) is 2.06. The molecule has 0 bridgehead atoms. The molecule has 0 aromatic heterocycles. The standard InChI is InChI=1S/C16H15ClN2O4/c1-23-14-7-6-12(17)8-13(14)19-16(22)18-9-10-2-4-11(5-3-10)15(20)21/h2-8H,9H2,1H3,(H,20,21)(H2,18,19,22). The highest BCUT2D eigenvalue weighted by Crippen LogP contribution is 2.27. The van der Waals surface area contributed by atoms with E-state index in [-0.39, 0.29) is 12.1 Å². The molecule has 0 aliphatic rings. The van der Waals surface area contributed by atoms with Crippen LogP contribution in [0.2, 0.25) is 5.02 Å². The van der Waals surface area contributed by atoms with Crippen LogP contribution < -0.4 is 15.4 Å². The van der Waals surface area contributed by atoms with Gasteiger partial charge in [0.05, 0.1) is 18.4 Å². The van der Waals surface area contributed by atoms with Crippen LogP contribution in [0.3, 0.4) is 0 Å². The Morgan fingerprint density at radius 1 is 1.17 bits per heavy atom. The summed E-state index contributed by atoms with van der Waals surface area (Å²) in [7, 11) is 1.50. The van der Waals surface area contributed by atoms with E-state index in [4.69, 9.17) is 21.4 Å². The molecule has 0 fully saturated rings. The molecule has 23 heavy (non-hydrogen) atoms. The molecule has 6 nitrogen and oxygen atoms in total. The highest BCUT2D eigenvalue weighted by molar-refractivity contribution is 6.31. The Morgan fingerprint density at radius 3 is 2.48 bits per heavy atom. The molecule has 0 heterocycles. The number of aromatic carboxylic acids is 1. The lowest BCUT2D eigenvalue weighted by Crippen LogP contribution is -2.28. The van der Waals surface area contributed by atoms with E-state index in [0.717, 1.165) is 5.56 Å². The number of rotatable bonds is 5. The van der Waals surface area contributed by atoms with Crippen LogP contribution in [0.1, 0.15) is 15.9 Å². The first-order valence-corrected chi connectivity index (χ1v) is 7.08. The average Bonchev–Trinajstić information content (AvgIpc) is 2.53. The van der Waals surface area contributed by atoms with Gasteiger partial charge in [-0.05, 0) is 35.9 Å². The van der Waals surface area contributed by atoms with Gasteiger partial charge in [-0.25, -0.2) is 9.59 Å². The lowest BCUT2D eigenvalue weighted by Gasteiger charge is -2.11. The smallest absolute Gasteiger partial charge is 0.335 e. The second-order valence-corrected chi connectivity index (χ2v) is 5.09. The van der Waals surface area contributed by atoms with Crippen molar-refractivity contribution in [3.63, 3.8) is 0 Å². The van der Waals surface area contributed by atoms with E-state index < -0.39 is 12.0 Å². The molecule has 3 N–H and O–H groups in total. The predicted octanol–water partition coefficient (Wildman–Crippen LogP) is 3.37. The quantitative estimate of drug-likeness (QED) is 0.782. The minimum Gasteiger partial charge on any atom is -0.495 e. The van der Waals surface area contributed by atoms with Gasteiger partial charge in [-0.2, -0.15) is 0 Å². The summed E-state index contributed by atoms with van der Waals surface area (Å²) in [5.41, 5.74) is 1.43. The van der Waals surface area contributed by atoms with E-state index in [9.17, 15) is 9.59 Å². The van der Waals surface area contributed by atoms with E-state index in [1.807, 2.05) is 0 Å². The fourth-order valence-electron chi connectivity index (χ4n) is 1.89. The Balaban J connectivity index is 1.95. The SMILES string of the molecule is COc1ccc(Cl)cc1NC(=O)NCc1ccc(C(=O)O)cc1. The first-order chi connectivity index (χ1) is 11.0. The number of hydrogen-bond acceptors (Lipinski definition) is 3. The van der Waals surface area contributed by atoms with Crippen molar-refractivity contribution in [1.82, 2.24) is 5.32 Å². The molecule has 2 aromatic rings. The van der Waals surface area contributed by atoms with Crippen molar-refractivity contribution < 1.29 is 19.4 Å². The molecule has 0 aliphatic heterocycles. The number of ether oxygens (including phenoxy) is 1. The van der Waals surface area contributed by atoms with Gasteiger partial charge in [0.15, 0.2) is 0 Å². The Hall–Kier alpha value is -2.73. The molecule has 2 amide bonds. The third-order valence-corrected chi connectivity index (χ3v) is 3.30. The molecule has 0 saturated carbocycles. The Bertz CT molecular complexity index is 717. The number of amides is 2. The number of methoxy groups -OCH3 is 1. The van der Waals surface area contributed by atoms with Gasteiger partial charge in [-0.15, -0.1) is 0 Å². The van der Waals surface area contributed by atoms with Crippen LogP contribution in [-0.2, 0) is 6.54 Å². The monoisotopic (exact) mass is 334 g/mol. The van der Waals surface area contributed by atoms with Crippen LogP contribution in [0.15, 0.2) is 42.5 Å². The largest absolute Gasteiger partial charge is 0.495 e. The van der Waals surface area contributed by atoms with Crippen LogP contribution in [-0.4, -0.2) is 24.2 Å². The van der Waals surface area contributed by atoms with Crippen molar-refractivity contribution in [2.45, 2.75) is 6.54 Å². The van der Waals surface area contributed by atoms with Gasteiger partial charge >= 0.3 is 12.0 Å². The van der Waals surface area contributed by atoms with Crippen molar-refractivity contribution in [1.29, 1.82) is 0 Å². The van der Waals surface area contributed by atoms with Crippen LogP contribution >= 0.6 is 11.6 Å². The Morgan fingerprint density at radius 2 is 1.87 bits per heavy atom. The molecule has 0 atom stereocenters. The van der Waals surface area contributed by atoms with Crippen LogP contribution in [0, 0.1) is 0 Å². The number of benzene rings is 2. The number of carboxylic acid groups (broad SMARTS) is 1. The Kier molecular flexibility index (Phi) is 5.43. The fraction of sp³-hybridized carbons (Fsp3) is 0.125. The zero-order valence-corrected chi connectivity index (χ0v) is 13.1. The number of hydrogen-bond donors (Lipinski definition) is 3. The van der Waals surface area contributed by atoms with Crippen molar-refractivity contribution in [2.24, 2.45) is 0 Å². The maximum atomic E-state index is 11.9. The molecular formula is C16H15ClN2O4. The van der Waals surface area contributed by atoms with Crippen molar-refractivity contribution in [3.05, 3.63) is 58.6 Å². The van der Waals surface area contributed by atoms with E-state index in [1.165, 1.54) is 19.2 Å². The number of carboxylic acids is 1. The van der Waals surface area contributed by atoms with E-state index >= 15 is 0 Å². The molecule has 120 valence electrons. The van der Waals surface area contributed by atoms with Crippen LogP contribution in [0.25, 0.3) is 0 Å². The van der Waals surface area contributed by atoms with Crippen molar-refractivity contribution in [2.75, 3.05) is 12.4 Å². The number of anilines is 1. The Labute approximate surface area is 138 Å². The van der Waals surface area contributed by atoms with E-state index in [2.05, 4.69) is 10.6 Å². The molecule has 0 aliphatic carbocycles. The lowest BCUT2D eigenvalue weighted by atomic mass is 10.1. The number of urea groups is 1. The summed E-state index contributed by atoms with van der Waals surface area (Å²) < 4.78 is 5.14. The molecule has 0 unspecified atom stereocenters. The second kappa shape index (κ2) is 7.51. The average molecular weight is 335 g/mol. The van der Waals surface area contributed by atoms with Gasteiger partial charge in [-0.3, -0.25) is 0 Å². The molecule has 0 spiro atoms. The number of carbonyl (C=O) groups excluding carboxylic acids is 1. The first kappa shape index (κ1) is 16.6. The summed E-state index contributed by atoms with van der Waals surface area (Å²) in [6.45, 7) is 0.259. The maximum absolute atomic E-state index is 11.9. The second-order valence-electron chi connectivity index (χ2n) is 4.65. The van der Waals surface area contributed by atoms with Gasteiger partial charge in [0.25, 0.3) is 0 Å². The summed E-state index contributed by atoms with van der Waals surface area (Å²) in [5.74, 6) is -0.495.